The summed E-state index contributed by atoms with van der Waals surface area (Å²) in [6, 6.07) is 12.9. The van der Waals surface area contributed by atoms with Crippen molar-refractivity contribution in [1.82, 2.24) is 4.98 Å². The lowest BCUT2D eigenvalue weighted by molar-refractivity contribution is 0.614. The first kappa shape index (κ1) is 10.6. The maximum atomic E-state index is 11.2. The molecule has 0 atom stereocenters. The molecule has 0 aliphatic rings. The monoisotopic (exact) mass is 233 g/mol. The molecule has 0 unspecified atom stereocenters. The van der Waals surface area contributed by atoms with Crippen molar-refractivity contribution >= 4 is 22.3 Å². The first-order chi connectivity index (χ1) is 7.79. The van der Waals surface area contributed by atoms with Crippen molar-refractivity contribution in [3.05, 3.63) is 54.9 Å². The Bertz CT molecular complexity index is 479. The second-order valence-corrected chi connectivity index (χ2v) is 3.89. The maximum absolute atomic E-state index is 11.2. The van der Waals surface area contributed by atoms with E-state index >= 15 is 0 Å². The Kier molecular flexibility index (Phi) is 3.16. The smallest absolute Gasteiger partial charge is 0.229 e. The number of rotatable bonds is 3. The highest BCUT2D eigenvalue weighted by molar-refractivity contribution is 7.74. The third-order valence-corrected chi connectivity index (χ3v) is 2.79. The molecule has 1 aromatic heterocycles. The van der Waals surface area contributed by atoms with Gasteiger partial charge in [-0.25, -0.2) is 12.7 Å². The second-order valence-electron chi connectivity index (χ2n) is 3.02. The van der Waals surface area contributed by atoms with E-state index in [1.807, 2.05) is 0 Å². The van der Waals surface area contributed by atoms with Crippen molar-refractivity contribution in [2.24, 2.45) is 0 Å². The number of aromatic nitrogens is 1. The summed E-state index contributed by atoms with van der Waals surface area (Å²) in [5.41, 5.74) is 1.09. The first-order valence-electron chi connectivity index (χ1n) is 4.59. The molecule has 2 rings (SSSR count). The molecule has 0 N–H and O–H groups in total. The van der Waals surface area contributed by atoms with Crippen LogP contribution in [0.5, 0.6) is 0 Å². The topological polar surface area (TPSA) is 50.3 Å². The Hall–Kier alpha value is -1.88. The fourth-order valence-corrected chi connectivity index (χ4v) is 1.96. The van der Waals surface area contributed by atoms with Crippen molar-refractivity contribution in [2.45, 2.75) is 0 Å². The fraction of sp³-hybridized carbons (Fsp3) is 0. The normalized spacial score (nSPS) is 10.3. The van der Waals surface area contributed by atoms with Gasteiger partial charge in [0.05, 0.1) is 17.6 Å². The van der Waals surface area contributed by atoms with Crippen LogP contribution in [0.25, 0.3) is 0 Å². The molecular weight excluding hydrogens is 224 g/mol. The summed E-state index contributed by atoms with van der Waals surface area (Å²) in [5, 5.41) is 0. The van der Waals surface area contributed by atoms with Gasteiger partial charge < -0.3 is 0 Å². The lowest BCUT2D eigenvalue weighted by atomic mass is 10.3. The molecule has 0 amide bonds. The van der Waals surface area contributed by atoms with E-state index in [1.165, 1.54) is 10.5 Å². The van der Waals surface area contributed by atoms with Crippen LogP contribution in [0.1, 0.15) is 0 Å². The van der Waals surface area contributed by atoms with Gasteiger partial charge in [0.25, 0.3) is 0 Å². The average molecular weight is 233 g/mol. The highest BCUT2D eigenvalue weighted by Gasteiger charge is 2.10. The van der Waals surface area contributed by atoms with Crippen LogP contribution < -0.4 is 4.31 Å². The van der Waals surface area contributed by atoms with Gasteiger partial charge in [-0.1, -0.05) is 12.1 Å². The van der Waals surface area contributed by atoms with Crippen LogP contribution in [-0.2, 0) is 10.9 Å². The average Bonchev–Trinajstić information content (AvgIpc) is 2.31. The van der Waals surface area contributed by atoms with Crippen LogP contribution in [0.15, 0.2) is 48.8 Å². The number of hydrogen-bond donors (Lipinski definition) is 1. The zero-order chi connectivity index (χ0) is 11.4. The Morgan fingerprint density at radius 2 is 1.88 bits per heavy atom. The summed E-state index contributed by atoms with van der Waals surface area (Å²) < 4.78 is 23.7. The van der Waals surface area contributed by atoms with E-state index in [1.54, 1.807) is 42.6 Å². The standard InChI is InChI=1S/C11H9N2O2S/c14-16(15)13(10-5-2-1-3-6-10)11-7-4-8-12-9-11/h2-9,16H. The summed E-state index contributed by atoms with van der Waals surface area (Å²) in [5.74, 6) is 0. The summed E-state index contributed by atoms with van der Waals surface area (Å²) >= 11 is 0. The minimum absolute atomic E-state index is 0.518. The molecule has 0 saturated carbocycles. The SMILES string of the molecule is O=[SH](=O)N(c1cc[c]cc1)c1cccnc1. The van der Waals surface area contributed by atoms with E-state index in [9.17, 15) is 8.42 Å². The van der Waals surface area contributed by atoms with Crippen LogP contribution in [0.2, 0.25) is 0 Å². The lowest BCUT2D eigenvalue weighted by Gasteiger charge is -2.16. The van der Waals surface area contributed by atoms with E-state index in [-0.39, 0.29) is 0 Å². The van der Waals surface area contributed by atoms with Gasteiger partial charge in [0.1, 0.15) is 0 Å². The number of pyridine rings is 1. The molecule has 1 aromatic carbocycles. The van der Waals surface area contributed by atoms with Crippen molar-refractivity contribution in [3.63, 3.8) is 0 Å². The van der Waals surface area contributed by atoms with Crippen molar-refractivity contribution in [1.29, 1.82) is 0 Å². The molecule has 81 valence electrons. The highest BCUT2D eigenvalue weighted by atomic mass is 32.2. The zero-order valence-electron chi connectivity index (χ0n) is 8.28. The number of thiol groups is 1. The molecule has 5 heteroatoms. The summed E-state index contributed by atoms with van der Waals surface area (Å²) in [4.78, 5) is 3.90. The highest BCUT2D eigenvalue weighted by Crippen LogP contribution is 2.23. The second kappa shape index (κ2) is 4.76. The van der Waals surface area contributed by atoms with Crippen LogP contribution in [0.3, 0.4) is 0 Å². The molecule has 16 heavy (non-hydrogen) atoms. The van der Waals surface area contributed by atoms with Crippen molar-refractivity contribution in [2.75, 3.05) is 4.31 Å². The van der Waals surface area contributed by atoms with Crippen LogP contribution in [0.4, 0.5) is 11.4 Å². The van der Waals surface area contributed by atoms with Gasteiger partial charge in [0.2, 0.25) is 10.9 Å². The van der Waals surface area contributed by atoms with E-state index < -0.39 is 10.9 Å². The molecule has 0 fully saturated rings. The first-order valence-corrected chi connectivity index (χ1v) is 5.72. The Balaban J connectivity index is 2.48. The number of hydrogen-bond acceptors (Lipinski definition) is 3. The van der Waals surface area contributed by atoms with Crippen molar-refractivity contribution in [3.8, 4) is 0 Å². The Morgan fingerprint density at radius 1 is 1.12 bits per heavy atom. The third-order valence-electron chi connectivity index (χ3n) is 2.00. The molecular formula is C11H9N2O2S. The molecule has 0 bridgehead atoms. The predicted molar refractivity (Wildman–Crippen MR) is 62.0 cm³/mol. The van der Waals surface area contributed by atoms with E-state index in [4.69, 9.17) is 0 Å². The molecule has 0 saturated heterocycles. The summed E-state index contributed by atoms with van der Waals surface area (Å²) in [6.45, 7) is 0. The van der Waals surface area contributed by atoms with Crippen molar-refractivity contribution < 1.29 is 8.42 Å². The fourth-order valence-electron chi connectivity index (χ4n) is 1.34. The molecule has 0 aliphatic carbocycles. The number of benzene rings is 1. The molecule has 4 nitrogen and oxygen atoms in total. The molecule has 2 aromatic rings. The molecule has 1 heterocycles. The largest absolute Gasteiger partial charge is 0.263 e. The van der Waals surface area contributed by atoms with Crippen LogP contribution in [-0.4, -0.2) is 13.4 Å². The third kappa shape index (κ3) is 2.20. The Morgan fingerprint density at radius 3 is 2.44 bits per heavy atom. The zero-order valence-corrected chi connectivity index (χ0v) is 9.17. The summed E-state index contributed by atoms with van der Waals surface area (Å²) in [6.07, 6.45) is 3.10. The van der Waals surface area contributed by atoms with Gasteiger partial charge >= 0.3 is 0 Å². The van der Waals surface area contributed by atoms with Gasteiger partial charge in [0.15, 0.2) is 0 Å². The Labute approximate surface area is 95.3 Å². The minimum atomic E-state index is -2.74. The number of anilines is 2. The van der Waals surface area contributed by atoms with Gasteiger partial charge in [-0.3, -0.25) is 4.98 Å². The van der Waals surface area contributed by atoms with E-state index in [0.717, 1.165) is 0 Å². The molecule has 0 spiro atoms. The van der Waals surface area contributed by atoms with Gasteiger partial charge in [-0.15, -0.1) is 0 Å². The van der Waals surface area contributed by atoms with Crippen LogP contribution in [0, 0.1) is 6.07 Å². The molecule has 0 aliphatic heterocycles. The van der Waals surface area contributed by atoms with Crippen LogP contribution >= 0.6 is 0 Å². The predicted octanol–water partition coefficient (Wildman–Crippen LogP) is 1.55. The lowest BCUT2D eigenvalue weighted by Crippen LogP contribution is -2.14. The summed E-state index contributed by atoms with van der Waals surface area (Å²) in [7, 11) is -2.74. The van der Waals surface area contributed by atoms with E-state index in [2.05, 4.69) is 11.1 Å². The maximum Gasteiger partial charge on any atom is 0.229 e. The van der Waals surface area contributed by atoms with Gasteiger partial charge in [-0.05, 0) is 30.3 Å². The van der Waals surface area contributed by atoms with Gasteiger partial charge in [0, 0.05) is 6.20 Å². The minimum Gasteiger partial charge on any atom is -0.263 e. The van der Waals surface area contributed by atoms with Gasteiger partial charge in [-0.2, -0.15) is 0 Å². The number of nitrogens with zero attached hydrogens (tertiary/aromatic N) is 2. The van der Waals surface area contributed by atoms with E-state index in [0.29, 0.717) is 11.4 Å². The molecule has 1 radical (unpaired) electrons. The quantitative estimate of drug-likeness (QED) is 0.818.